The number of benzene rings is 1. The van der Waals surface area contributed by atoms with Crippen LogP contribution in [0.2, 0.25) is 0 Å². The number of nitrogens with zero attached hydrogens (tertiary/aromatic N) is 1. The number of nitrogen functional groups attached to an aromatic ring is 1. The summed E-state index contributed by atoms with van der Waals surface area (Å²) >= 11 is 0. The van der Waals surface area contributed by atoms with Gasteiger partial charge in [0.15, 0.2) is 18.4 Å². The minimum Gasteiger partial charge on any atom is -0.467 e. The van der Waals surface area contributed by atoms with E-state index in [1.165, 1.54) is 0 Å². The molecule has 2 aromatic rings. The first-order valence-electron chi connectivity index (χ1n) is 4.89. The zero-order chi connectivity index (χ0) is 11.0. The number of nitrogens with two attached hydrogens (primary N) is 1. The molecular formula is C11H10N2O3. The fourth-order valence-corrected chi connectivity index (χ4v) is 1.67. The van der Waals surface area contributed by atoms with Crippen molar-refractivity contribution in [3.8, 4) is 17.1 Å². The molecule has 0 atom stereocenters. The van der Waals surface area contributed by atoms with E-state index in [2.05, 4.69) is 5.16 Å². The van der Waals surface area contributed by atoms with Crippen LogP contribution >= 0.6 is 0 Å². The summed E-state index contributed by atoms with van der Waals surface area (Å²) < 4.78 is 15.6. The second-order valence-electron chi connectivity index (χ2n) is 3.55. The molecule has 0 radical (unpaired) electrons. The average molecular weight is 218 g/mol. The van der Waals surface area contributed by atoms with E-state index in [0.29, 0.717) is 25.0 Å². The van der Waals surface area contributed by atoms with Crippen LogP contribution in [0.4, 0.5) is 5.82 Å². The molecule has 1 aromatic heterocycles. The Morgan fingerprint density at radius 2 is 2.19 bits per heavy atom. The molecule has 82 valence electrons. The molecule has 3 rings (SSSR count). The number of fused-ring (bicyclic) bond motifs is 1. The van der Waals surface area contributed by atoms with Crippen molar-refractivity contribution < 1.29 is 14.0 Å². The lowest BCUT2D eigenvalue weighted by molar-refractivity contribution is -0.0163. The van der Waals surface area contributed by atoms with Gasteiger partial charge in [-0.05, 0) is 18.2 Å². The Hall–Kier alpha value is -2.01. The zero-order valence-corrected chi connectivity index (χ0v) is 8.47. The SMILES string of the molecule is Nc1cc(-c2ccc3c(c2)COCO3)on1. The van der Waals surface area contributed by atoms with E-state index in [9.17, 15) is 0 Å². The third-order valence-electron chi connectivity index (χ3n) is 2.43. The van der Waals surface area contributed by atoms with Crippen molar-refractivity contribution in [1.29, 1.82) is 0 Å². The first-order valence-corrected chi connectivity index (χ1v) is 4.89. The summed E-state index contributed by atoms with van der Waals surface area (Å²) in [7, 11) is 0. The van der Waals surface area contributed by atoms with Crippen LogP contribution in [0.1, 0.15) is 5.56 Å². The molecule has 0 amide bonds. The molecule has 0 saturated carbocycles. The highest BCUT2D eigenvalue weighted by atomic mass is 16.7. The quantitative estimate of drug-likeness (QED) is 0.790. The topological polar surface area (TPSA) is 70.5 Å². The minimum atomic E-state index is 0.307. The van der Waals surface area contributed by atoms with Gasteiger partial charge in [-0.25, -0.2) is 0 Å². The van der Waals surface area contributed by atoms with Crippen LogP contribution in [0.3, 0.4) is 0 Å². The van der Waals surface area contributed by atoms with Crippen LogP contribution in [0.25, 0.3) is 11.3 Å². The molecule has 0 spiro atoms. The van der Waals surface area contributed by atoms with E-state index >= 15 is 0 Å². The highest BCUT2D eigenvalue weighted by molar-refractivity contribution is 5.62. The van der Waals surface area contributed by atoms with Crippen LogP contribution in [0.5, 0.6) is 5.75 Å². The largest absolute Gasteiger partial charge is 0.467 e. The first kappa shape index (κ1) is 9.23. The lowest BCUT2D eigenvalue weighted by Gasteiger charge is -2.17. The first-order chi connectivity index (χ1) is 7.83. The maximum atomic E-state index is 5.50. The maximum absolute atomic E-state index is 5.50. The number of ether oxygens (including phenoxy) is 2. The molecule has 1 aromatic carbocycles. The van der Waals surface area contributed by atoms with Crippen LogP contribution < -0.4 is 10.5 Å². The van der Waals surface area contributed by atoms with Crippen LogP contribution in [0.15, 0.2) is 28.8 Å². The van der Waals surface area contributed by atoms with E-state index in [0.717, 1.165) is 16.9 Å². The molecule has 0 fully saturated rings. The lowest BCUT2D eigenvalue weighted by atomic mass is 10.1. The summed E-state index contributed by atoms with van der Waals surface area (Å²) in [6.07, 6.45) is 0. The van der Waals surface area contributed by atoms with E-state index in [1.807, 2.05) is 18.2 Å². The van der Waals surface area contributed by atoms with Gasteiger partial charge in [0.1, 0.15) is 5.75 Å². The van der Waals surface area contributed by atoms with Crippen molar-refractivity contribution in [3.05, 3.63) is 29.8 Å². The molecule has 1 aliphatic heterocycles. The van der Waals surface area contributed by atoms with Crippen molar-refractivity contribution in [3.63, 3.8) is 0 Å². The standard InChI is InChI=1S/C11H10N2O3/c12-11-4-10(16-13-11)7-1-2-9-8(3-7)5-14-6-15-9/h1-4H,5-6H2,(H2,12,13). The van der Waals surface area contributed by atoms with Gasteiger partial charge in [0.2, 0.25) is 0 Å². The maximum Gasteiger partial charge on any atom is 0.189 e. The summed E-state index contributed by atoms with van der Waals surface area (Å²) in [6.45, 7) is 0.856. The Kier molecular flexibility index (Phi) is 2.04. The van der Waals surface area contributed by atoms with Gasteiger partial charge in [0.05, 0.1) is 6.61 Å². The lowest BCUT2D eigenvalue weighted by Crippen LogP contribution is -2.10. The van der Waals surface area contributed by atoms with E-state index in [-0.39, 0.29) is 0 Å². The molecule has 2 N–H and O–H groups in total. The van der Waals surface area contributed by atoms with Crippen molar-refractivity contribution >= 4 is 5.82 Å². The van der Waals surface area contributed by atoms with Gasteiger partial charge in [-0.15, -0.1) is 0 Å². The Balaban J connectivity index is 2.02. The summed E-state index contributed by atoms with van der Waals surface area (Å²) in [4.78, 5) is 0. The molecule has 2 heterocycles. The summed E-state index contributed by atoms with van der Waals surface area (Å²) in [5, 5.41) is 3.65. The number of aromatic nitrogens is 1. The third-order valence-corrected chi connectivity index (χ3v) is 2.43. The van der Waals surface area contributed by atoms with Gasteiger partial charge in [0, 0.05) is 17.2 Å². The predicted octanol–water partition coefficient (Wildman–Crippen LogP) is 1.79. The second kappa shape index (κ2) is 3.53. The number of rotatable bonds is 1. The zero-order valence-electron chi connectivity index (χ0n) is 8.47. The van der Waals surface area contributed by atoms with Gasteiger partial charge in [-0.1, -0.05) is 5.16 Å². The molecule has 0 aliphatic carbocycles. The van der Waals surface area contributed by atoms with Crippen molar-refractivity contribution in [1.82, 2.24) is 5.16 Å². The van der Waals surface area contributed by atoms with Crippen LogP contribution in [0, 0.1) is 0 Å². The molecule has 1 aliphatic rings. The fourth-order valence-electron chi connectivity index (χ4n) is 1.67. The third kappa shape index (κ3) is 1.51. The smallest absolute Gasteiger partial charge is 0.189 e. The molecule has 0 unspecified atom stereocenters. The molecule has 0 saturated heterocycles. The van der Waals surface area contributed by atoms with Crippen molar-refractivity contribution in [2.24, 2.45) is 0 Å². The van der Waals surface area contributed by atoms with E-state index < -0.39 is 0 Å². The second-order valence-corrected chi connectivity index (χ2v) is 3.55. The van der Waals surface area contributed by atoms with Crippen molar-refractivity contribution in [2.45, 2.75) is 6.61 Å². The van der Waals surface area contributed by atoms with Gasteiger partial charge in [0.25, 0.3) is 0 Å². The molecule has 0 bridgehead atoms. The number of hydrogen-bond acceptors (Lipinski definition) is 5. The summed E-state index contributed by atoms with van der Waals surface area (Å²) in [5.41, 5.74) is 7.41. The molecule has 5 nitrogen and oxygen atoms in total. The Morgan fingerprint density at radius 3 is 3.00 bits per heavy atom. The Labute approximate surface area is 91.7 Å². The molecule has 5 heteroatoms. The van der Waals surface area contributed by atoms with Crippen LogP contribution in [-0.4, -0.2) is 11.9 Å². The highest BCUT2D eigenvalue weighted by Crippen LogP contribution is 2.29. The molecule has 16 heavy (non-hydrogen) atoms. The Bertz CT molecular complexity index is 522. The van der Waals surface area contributed by atoms with Crippen LogP contribution in [-0.2, 0) is 11.3 Å². The fraction of sp³-hybridized carbons (Fsp3) is 0.182. The Morgan fingerprint density at radius 1 is 1.25 bits per heavy atom. The van der Waals surface area contributed by atoms with Gasteiger partial charge < -0.3 is 19.7 Å². The van der Waals surface area contributed by atoms with Crippen molar-refractivity contribution in [2.75, 3.05) is 12.5 Å². The van der Waals surface area contributed by atoms with Gasteiger partial charge >= 0.3 is 0 Å². The normalized spacial score (nSPS) is 14.2. The predicted molar refractivity (Wildman–Crippen MR) is 56.6 cm³/mol. The number of anilines is 1. The average Bonchev–Trinajstić information content (AvgIpc) is 2.75. The minimum absolute atomic E-state index is 0.307. The van der Waals surface area contributed by atoms with E-state index in [4.69, 9.17) is 19.7 Å². The summed E-state index contributed by atoms with van der Waals surface area (Å²) in [5.74, 6) is 1.87. The highest BCUT2D eigenvalue weighted by Gasteiger charge is 2.13. The summed E-state index contributed by atoms with van der Waals surface area (Å²) in [6, 6.07) is 7.44. The van der Waals surface area contributed by atoms with E-state index in [1.54, 1.807) is 6.07 Å². The van der Waals surface area contributed by atoms with Gasteiger partial charge in [-0.3, -0.25) is 0 Å². The number of hydrogen-bond donors (Lipinski definition) is 1. The van der Waals surface area contributed by atoms with Gasteiger partial charge in [-0.2, -0.15) is 0 Å². The monoisotopic (exact) mass is 218 g/mol. The molecular weight excluding hydrogens is 208 g/mol.